The number of esters is 2. The second-order valence-corrected chi connectivity index (χ2v) is 10.5. The Morgan fingerprint density at radius 1 is 1.15 bits per heavy atom. The lowest BCUT2D eigenvalue weighted by Gasteiger charge is -2.36. The lowest BCUT2D eigenvalue weighted by atomic mass is 9.89. The monoisotopic (exact) mass is 397 g/mol. The molecule has 4 rings (SSSR count). The largest absolute Gasteiger partial charge is 0.458 e. The average molecular weight is 397 g/mol. The van der Waals surface area contributed by atoms with Crippen molar-refractivity contribution < 1.29 is 27.5 Å². The minimum absolute atomic E-state index is 0.0283. The molecule has 7 nitrogen and oxygen atoms in total. The van der Waals surface area contributed by atoms with E-state index in [1.165, 1.54) is 6.92 Å². The van der Waals surface area contributed by atoms with Gasteiger partial charge in [0.25, 0.3) is 0 Å². The van der Waals surface area contributed by atoms with Crippen LogP contribution in [0.25, 0.3) is 0 Å². The van der Waals surface area contributed by atoms with E-state index in [4.69, 9.17) is 9.47 Å². The molecule has 1 heterocycles. The summed E-state index contributed by atoms with van der Waals surface area (Å²) in [5, 5.41) is -0.314. The van der Waals surface area contributed by atoms with Crippen molar-refractivity contribution in [3.8, 4) is 0 Å². The standard InChI is InChI=1S/C19H27NO6S/c1-11(2)19(22)25-10-16(21)26-18-12-8-14-15(9-12)27(23,24)20(17(14)18)13-6-4-3-5-7-13/h12-15,17-18H,1,3-10H2,2H3. The van der Waals surface area contributed by atoms with Gasteiger partial charge in [0, 0.05) is 11.6 Å². The third-order valence-corrected chi connectivity index (χ3v) is 9.11. The maximum absolute atomic E-state index is 13.1. The minimum Gasteiger partial charge on any atom is -0.458 e. The first-order valence-electron chi connectivity index (χ1n) is 9.85. The molecule has 0 amide bonds. The van der Waals surface area contributed by atoms with Crippen LogP contribution in [0.1, 0.15) is 51.9 Å². The summed E-state index contributed by atoms with van der Waals surface area (Å²) in [6.07, 6.45) is 5.94. The zero-order valence-electron chi connectivity index (χ0n) is 15.6. The van der Waals surface area contributed by atoms with Crippen LogP contribution in [0, 0.1) is 11.8 Å². The van der Waals surface area contributed by atoms with Gasteiger partial charge in [-0.3, -0.25) is 0 Å². The highest BCUT2D eigenvalue weighted by molar-refractivity contribution is 7.90. The Kier molecular flexibility index (Phi) is 4.83. The van der Waals surface area contributed by atoms with Crippen molar-refractivity contribution in [3.05, 3.63) is 12.2 Å². The smallest absolute Gasteiger partial charge is 0.344 e. The van der Waals surface area contributed by atoms with Gasteiger partial charge in [-0.05, 0) is 44.4 Å². The molecule has 27 heavy (non-hydrogen) atoms. The zero-order valence-corrected chi connectivity index (χ0v) is 16.4. The van der Waals surface area contributed by atoms with E-state index in [1.54, 1.807) is 4.31 Å². The molecule has 5 atom stereocenters. The number of sulfonamides is 1. The van der Waals surface area contributed by atoms with Gasteiger partial charge in [-0.25, -0.2) is 18.0 Å². The highest BCUT2D eigenvalue weighted by Gasteiger charge is 2.68. The summed E-state index contributed by atoms with van der Waals surface area (Å²) in [5.41, 5.74) is 0.218. The number of hydrogen-bond acceptors (Lipinski definition) is 6. The Balaban J connectivity index is 1.49. The number of hydrogen-bond donors (Lipinski definition) is 0. The van der Waals surface area contributed by atoms with Crippen LogP contribution in [0.3, 0.4) is 0 Å². The van der Waals surface area contributed by atoms with Gasteiger partial charge in [-0.1, -0.05) is 25.8 Å². The van der Waals surface area contributed by atoms with Gasteiger partial charge in [-0.15, -0.1) is 0 Å². The third-order valence-electron chi connectivity index (χ3n) is 6.67. The average Bonchev–Trinajstić information content (AvgIpc) is 3.24. The van der Waals surface area contributed by atoms with E-state index in [2.05, 4.69) is 6.58 Å². The Morgan fingerprint density at radius 2 is 1.85 bits per heavy atom. The van der Waals surface area contributed by atoms with Crippen LogP contribution in [0.2, 0.25) is 0 Å². The van der Waals surface area contributed by atoms with Crippen molar-refractivity contribution in [3.63, 3.8) is 0 Å². The number of carbonyl (C=O) groups is 2. The van der Waals surface area contributed by atoms with Gasteiger partial charge in [-0.2, -0.15) is 4.31 Å². The van der Waals surface area contributed by atoms with E-state index in [1.807, 2.05) is 0 Å². The van der Waals surface area contributed by atoms with Crippen molar-refractivity contribution in [2.45, 2.75) is 75.3 Å². The highest BCUT2D eigenvalue weighted by Crippen LogP contribution is 2.58. The molecule has 1 aliphatic heterocycles. The zero-order chi connectivity index (χ0) is 19.3. The summed E-state index contributed by atoms with van der Waals surface area (Å²) in [4.78, 5) is 23.7. The molecule has 0 aromatic rings. The Bertz CT molecular complexity index is 756. The van der Waals surface area contributed by atoms with Gasteiger partial charge in [0.05, 0.1) is 11.3 Å². The van der Waals surface area contributed by atoms with Gasteiger partial charge in [0.1, 0.15) is 6.10 Å². The molecule has 3 saturated carbocycles. The van der Waals surface area contributed by atoms with Crippen molar-refractivity contribution in [2.75, 3.05) is 6.61 Å². The fourth-order valence-corrected chi connectivity index (χ4v) is 8.37. The molecule has 3 aliphatic carbocycles. The highest BCUT2D eigenvalue weighted by atomic mass is 32.2. The molecular formula is C19H27NO6S. The van der Waals surface area contributed by atoms with E-state index in [0.29, 0.717) is 6.42 Å². The molecule has 2 bridgehead atoms. The number of carbonyl (C=O) groups excluding carboxylic acids is 2. The Hall–Kier alpha value is -1.41. The maximum Gasteiger partial charge on any atom is 0.344 e. The summed E-state index contributed by atoms with van der Waals surface area (Å²) >= 11 is 0. The fourth-order valence-electron chi connectivity index (χ4n) is 5.61. The first-order chi connectivity index (χ1) is 12.8. The SMILES string of the molecule is C=C(C)C(=O)OCC(=O)OC1C2CC3C1N(C1CCCCC1)S(=O)(=O)C3C2. The minimum atomic E-state index is -3.33. The van der Waals surface area contributed by atoms with Gasteiger partial charge >= 0.3 is 11.9 Å². The quantitative estimate of drug-likeness (QED) is 0.519. The van der Waals surface area contributed by atoms with Crippen molar-refractivity contribution in [1.29, 1.82) is 0 Å². The molecule has 8 heteroatoms. The summed E-state index contributed by atoms with van der Waals surface area (Å²) in [7, 11) is -3.33. The van der Waals surface area contributed by atoms with Crippen molar-refractivity contribution >= 4 is 22.0 Å². The Labute approximate surface area is 160 Å². The second-order valence-electron chi connectivity index (χ2n) is 8.40. The van der Waals surface area contributed by atoms with E-state index < -0.39 is 34.7 Å². The van der Waals surface area contributed by atoms with Gasteiger partial charge in [0.2, 0.25) is 10.0 Å². The molecule has 4 fully saturated rings. The van der Waals surface area contributed by atoms with E-state index >= 15 is 0 Å². The van der Waals surface area contributed by atoms with Crippen LogP contribution in [-0.4, -0.2) is 54.7 Å². The topological polar surface area (TPSA) is 90.0 Å². The number of ether oxygens (including phenoxy) is 2. The summed E-state index contributed by atoms with van der Waals surface area (Å²) in [6, 6.07) is -0.219. The number of fused-ring (bicyclic) bond motifs is 1. The lowest BCUT2D eigenvalue weighted by molar-refractivity contribution is -0.164. The van der Waals surface area contributed by atoms with Crippen LogP contribution >= 0.6 is 0 Å². The summed E-state index contributed by atoms with van der Waals surface area (Å²) < 4.78 is 38.5. The molecule has 0 radical (unpaired) electrons. The van der Waals surface area contributed by atoms with Gasteiger partial charge < -0.3 is 9.47 Å². The molecule has 0 aromatic carbocycles. The van der Waals surface area contributed by atoms with E-state index in [-0.39, 0.29) is 34.7 Å². The van der Waals surface area contributed by atoms with E-state index in [9.17, 15) is 18.0 Å². The third kappa shape index (κ3) is 3.10. The second kappa shape index (κ2) is 6.88. The number of rotatable bonds is 5. The first kappa shape index (κ1) is 18.9. The molecule has 0 aromatic heterocycles. The van der Waals surface area contributed by atoms with Gasteiger partial charge in [0.15, 0.2) is 6.61 Å². The lowest BCUT2D eigenvalue weighted by Crippen LogP contribution is -2.49. The molecule has 150 valence electrons. The van der Waals surface area contributed by atoms with Crippen LogP contribution in [0.5, 0.6) is 0 Å². The van der Waals surface area contributed by atoms with E-state index in [0.717, 1.165) is 38.5 Å². The maximum atomic E-state index is 13.1. The summed E-state index contributed by atoms with van der Waals surface area (Å²) in [6.45, 7) is 4.52. The molecule has 4 aliphatic rings. The van der Waals surface area contributed by atoms with Crippen molar-refractivity contribution in [2.24, 2.45) is 11.8 Å². The molecule has 0 N–H and O–H groups in total. The Morgan fingerprint density at radius 3 is 2.52 bits per heavy atom. The number of nitrogens with zero attached hydrogens (tertiary/aromatic N) is 1. The van der Waals surface area contributed by atoms with Crippen LogP contribution < -0.4 is 0 Å². The fraction of sp³-hybridized carbons (Fsp3) is 0.789. The normalized spacial score (nSPS) is 37.3. The van der Waals surface area contributed by atoms with Crippen LogP contribution in [0.15, 0.2) is 12.2 Å². The molecule has 5 unspecified atom stereocenters. The van der Waals surface area contributed by atoms with Crippen LogP contribution in [0.4, 0.5) is 0 Å². The molecule has 1 saturated heterocycles. The first-order valence-corrected chi connectivity index (χ1v) is 11.4. The van der Waals surface area contributed by atoms with Crippen LogP contribution in [-0.2, 0) is 29.1 Å². The predicted molar refractivity (Wildman–Crippen MR) is 97.1 cm³/mol. The molecular weight excluding hydrogens is 370 g/mol. The predicted octanol–water partition coefficient (Wildman–Crippen LogP) is 1.77. The summed E-state index contributed by atoms with van der Waals surface area (Å²) in [5.74, 6) is -1.12. The molecule has 0 spiro atoms. The van der Waals surface area contributed by atoms with Crippen molar-refractivity contribution in [1.82, 2.24) is 4.31 Å².